The van der Waals surface area contributed by atoms with Gasteiger partial charge >= 0.3 is 17.9 Å². The second kappa shape index (κ2) is 54.5. The van der Waals surface area contributed by atoms with Crippen molar-refractivity contribution in [2.45, 2.75) is 322 Å². The average molecular weight is 916 g/mol. The SMILES string of the molecule is CCCCCCC/C=C\C/C=C\CCCCCCCCCCCC(=O)OCC(COC(=O)CCCCCCCCC)OC(=O)CCCCCCCCCCCCCCCCCCCCC. The second-order valence-corrected chi connectivity index (χ2v) is 19.6. The molecule has 0 aliphatic carbocycles. The standard InChI is InChI=1S/C59H110O6/c1-4-7-10-13-16-18-20-22-24-26-28-29-31-32-34-36-38-40-43-46-49-52-58(61)64-55-56(54-63-57(60)51-48-45-42-15-12-9-6-3)65-59(62)53-50-47-44-41-39-37-35-33-30-27-25-23-21-19-17-14-11-8-5-2/h20,22,26,28,56H,4-19,21,23-25,27,29-55H2,1-3H3/b22-20-,28-26-. The maximum absolute atomic E-state index is 12.8. The molecule has 0 aromatic heterocycles. The van der Waals surface area contributed by atoms with Crippen LogP contribution in [0.4, 0.5) is 0 Å². The Bertz CT molecular complexity index is 1050. The van der Waals surface area contributed by atoms with Crippen molar-refractivity contribution in [2.24, 2.45) is 0 Å². The molecule has 0 spiro atoms. The smallest absolute Gasteiger partial charge is 0.306 e. The highest BCUT2D eigenvalue weighted by Gasteiger charge is 2.19. The fourth-order valence-corrected chi connectivity index (χ4v) is 8.59. The maximum atomic E-state index is 12.8. The van der Waals surface area contributed by atoms with Crippen molar-refractivity contribution in [3.63, 3.8) is 0 Å². The zero-order chi connectivity index (χ0) is 47.2. The van der Waals surface area contributed by atoms with Crippen LogP contribution >= 0.6 is 0 Å². The molecule has 0 rings (SSSR count). The van der Waals surface area contributed by atoms with E-state index in [2.05, 4.69) is 45.1 Å². The molecule has 0 aliphatic rings. The zero-order valence-electron chi connectivity index (χ0n) is 43.8. The Morgan fingerprint density at radius 1 is 0.308 bits per heavy atom. The normalized spacial score (nSPS) is 12.1. The van der Waals surface area contributed by atoms with Gasteiger partial charge in [0.05, 0.1) is 0 Å². The fraction of sp³-hybridized carbons (Fsp3) is 0.881. The van der Waals surface area contributed by atoms with Gasteiger partial charge in [-0.2, -0.15) is 0 Å². The highest BCUT2D eigenvalue weighted by Crippen LogP contribution is 2.17. The molecule has 0 aliphatic heterocycles. The summed E-state index contributed by atoms with van der Waals surface area (Å²) in [7, 11) is 0. The van der Waals surface area contributed by atoms with Gasteiger partial charge < -0.3 is 14.2 Å². The third-order valence-electron chi connectivity index (χ3n) is 13.0. The molecule has 0 saturated heterocycles. The summed E-state index contributed by atoms with van der Waals surface area (Å²) in [4.78, 5) is 37.9. The van der Waals surface area contributed by atoms with E-state index in [4.69, 9.17) is 14.2 Å². The van der Waals surface area contributed by atoms with Crippen LogP contribution in [-0.2, 0) is 28.6 Å². The number of esters is 3. The number of ether oxygens (including phenoxy) is 3. The van der Waals surface area contributed by atoms with Gasteiger partial charge in [-0.3, -0.25) is 14.4 Å². The number of unbranched alkanes of at least 4 members (excludes halogenated alkanes) is 38. The summed E-state index contributed by atoms with van der Waals surface area (Å²) in [6, 6.07) is 0. The largest absolute Gasteiger partial charge is 0.462 e. The molecule has 1 atom stereocenters. The van der Waals surface area contributed by atoms with Gasteiger partial charge in [0.1, 0.15) is 13.2 Å². The molecule has 0 fully saturated rings. The number of allylic oxidation sites excluding steroid dienone is 4. The first-order chi connectivity index (χ1) is 32.0. The van der Waals surface area contributed by atoms with Gasteiger partial charge in [-0.1, -0.05) is 270 Å². The molecule has 1 unspecified atom stereocenters. The minimum absolute atomic E-state index is 0.0683. The molecule has 0 aromatic rings. The fourth-order valence-electron chi connectivity index (χ4n) is 8.59. The third kappa shape index (κ3) is 52.7. The number of carbonyl (C=O) groups is 3. The zero-order valence-corrected chi connectivity index (χ0v) is 43.8. The van der Waals surface area contributed by atoms with Crippen LogP contribution in [0.2, 0.25) is 0 Å². The van der Waals surface area contributed by atoms with Gasteiger partial charge in [-0.05, 0) is 51.4 Å². The van der Waals surface area contributed by atoms with E-state index in [1.54, 1.807) is 0 Å². The van der Waals surface area contributed by atoms with E-state index < -0.39 is 6.10 Å². The van der Waals surface area contributed by atoms with Crippen LogP contribution in [0.15, 0.2) is 24.3 Å². The number of carbonyl (C=O) groups excluding carboxylic acids is 3. The van der Waals surface area contributed by atoms with Crippen molar-refractivity contribution >= 4 is 17.9 Å². The van der Waals surface area contributed by atoms with E-state index in [0.29, 0.717) is 19.3 Å². The summed E-state index contributed by atoms with van der Waals surface area (Å²) < 4.78 is 16.8. The molecule has 0 amide bonds. The predicted molar refractivity (Wildman–Crippen MR) is 279 cm³/mol. The number of hydrogen-bond acceptors (Lipinski definition) is 6. The lowest BCUT2D eigenvalue weighted by atomic mass is 10.0. The Kier molecular flexibility index (Phi) is 52.7. The van der Waals surface area contributed by atoms with Gasteiger partial charge in [0.25, 0.3) is 0 Å². The second-order valence-electron chi connectivity index (χ2n) is 19.6. The summed E-state index contributed by atoms with van der Waals surface area (Å²) >= 11 is 0. The van der Waals surface area contributed by atoms with Crippen molar-refractivity contribution in [3.8, 4) is 0 Å². The van der Waals surface area contributed by atoms with Crippen molar-refractivity contribution in [2.75, 3.05) is 13.2 Å². The minimum atomic E-state index is -0.766. The first kappa shape index (κ1) is 62.9. The van der Waals surface area contributed by atoms with Crippen molar-refractivity contribution in [1.82, 2.24) is 0 Å². The van der Waals surface area contributed by atoms with Gasteiger partial charge in [0.15, 0.2) is 6.10 Å². The van der Waals surface area contributed by atoms with E-state index in [9.17, 15) is 14.4 Å². The highest BCUT2D eigenvalue weighted by atomic mass is 16.6. The van der Waals surface area contributed by atoms with E-state index in [0.717, 1.165) is 64.2 Å². The maximum Gasteiger partial charge on any atom is 0.306 e. The number of rotatable bonds is 53. The Labute approximate surface area is 404 Å². The topological polar surface area (TPSA) is 78.9 Å². The van der Waals surface area contributed by atoms with Crippen LogP contribution in [0, 0.1) is 0 Å². The van der Waals surface area contributed by atoms with E-state index >= 15 is 0 Å². The lowest BCUT2D eigenvalue weighted by Crippen LogP contribution is -2.30. The first-order valence-corrected chi connectivity index (χ1v) is 28.8. The molecule has 0 bridgehead atoms. The molecule has 382 valence electrons. The van der Waals surface area contributed by atoms with Gasteiger partial charge in [-0.15, -0.1) is 0 Å². The van der Waals surface area contributed by atoms with Crippen LogP contribution < -0.4 is 0 Å². The van der Waals surface area contributed by atoms with Gasteiger partial charge in [-0.25, -0.2) is 0 Å². The summed E-state index contributed by atoms with van der Waals surface area (Å²) in [6.45, 7) is 6.63. The highest BCUT2D eigenvalue weighted by molar-refractivity contribution is 5.71. The monoisotopic (exact) mass is 915 g/mol. The summed E-state index contributed by atoms with van der Waals surface area (Å²) in [5, 5.41) is 0. The quantitative estimate of drug-likeness (QED) is 0.0262. The summed E-state index contributed by atoms with van der Waals surface area (Å²) in [6.07, 6.45) is 63.3. The molecule has 0 heterocycles. The molecule has 65 heavy (non-hydrogen) atoms. The molecular weight excluding hydrogens is 805 g/mol. The Morgan fingerprint density at radius 3 is 0.846 bits per heavy atom. The molecule has 0 saturated carbocycles. The lowest BCUT2D eigenvalue weighted by molar-refractivity contribution is -0.167. The Hall–Kier alpha value is -2.11. The molecule has 6 heteroatoms. The van der Waals surface area contributed by atoms with E-state index in [1.165, 1.54) is 212 Å². The first-order valence-electron chi connectivity index (χ1n) is 28.8. The van der Waals surface area contributed by atoms with Crippen molar-refractivity contribution < 1.29 is 28.6 Å². The van der Waals surface area contributed by atoms with Gasteiger partial charge in [0.2, 0.25) is 0 Å². The molecule has 0 aromatic carbocycles. The van der Waals surface area contributed by atoms with Crippen molar-refractivity contribution in [1.29, 1.82) is 0 Å². The Balaban J connectivity index is 4.16. The summed E-state index contributed by atoms with van der Waals surface area (Å²) in [5.74, 6) is -0.860. The lowest BCUT2D eigenvalue weighted by Gasteiger charge is -2.18. The molecular formula is C59H110O6. The van der Waals surface area contributed by atoms with Crippen LogP contribution in [0.25, 0.3) is 0 Å². The van der Waals surface area contributed by atoms with Gasteiger partial charge in [0, 0.05) is 19.3 Å². The van der Waals surface area contributed by atoms with Crippen molar-refractivity contribution in [3.05, 3.63) is 24.3 Å². The predicted octanol–water partition coefficient (Wildman–Crippen LogP) is 19.1. The molecule has 0 N–H and O–H groups in total. The average Bonchev–Trinajstić information content (AvgIpc) is 3.30. The van der Waals surface area contributed by atoms with Crippen LogP contribution in [0.3, 0.4) is 0 Å². The van der Waals surface area contributed by atoms with Crippen LogP contribution in [-0.4, -0.2) is 37.2 Å². The Morgan fingerprint density at radius 2 is 0.554 bits per heavy atom. The molecule has 0 radical (unpaired) electrons. The minimum Gasteiger partial charge on any atom is -0.462 e. The van der Waals surface area contributed by atoms with E-state index in [1.807, 2.05) is 0 Å². The number of hydrogen-bond donors (Lipinski definition) is 0. The molecule has 6 nitrogen and oxygen atoms in total. The summed E-state index contributed by atoms with van der Waals surface area (Å²) in [5.41, 5.74) is 0. The van der Waals surface area contributed by atoms with Crippen LogP contribution in [0.5, 0.6) is 0 Å². The van der Waals surface area contributed by atoms with E-state index in [-0.39, 0.29) is 31.1 Å². The van der Waals surface area contributed by atoms with Crippen LogP contribution in [0.1, 0.15) is 316 Å². The third-order valence-corrected chi connectivity index (χ3v) is 13.0.